The van der Waals surface area contributed by atoms with Gasteiger partial charge >= 0.3 is 5.97 Å². The van der Waals surface area contributed by atoms with Gasteiger partial charge in [-0.3, -0.25) is 4.79 Å². The third-order valence-electron chi connectivity index (χ3n) is 3.75. The fourth-order valence-corrected chi connectivity index (χ4v) is 2.69. The number of halogens is 1. The fourth-order valence-electron chi connectivity index (χ4n) is 2.44. The summed E-state index contributed by atoms with van der Waals surface area (Å²) < 4.78 is 0.937. The molecule has 1 N–H and O–H groups in total. The van der Waals surface area contributed by atoms with Gasteiger partial charge in [-0.25, -0.2) is 4.79 Å². The van der Waals surface area contributed by atoms with Crippen molar-refractivity contribution in [3.63, 3.8) is 0 Å². The Kier molecular flexibility index (Phi) is 3.67. The van der Waals surface area contributed by atoms with E-state index < -0.39 is 11.5 Å². The van der Waals surface area contributed by atoms with E-state index in [1.54, 1.807) is 19.1 Å². The molecule has 1 saturated heterocycles. The third-order valence-corrected chi connectivity index (χ3v) is 4.64. The maximum absolute atomic E-state index is 12.5. The maximum atomic E-state index is 12.5. The minimum absolute atomic E-state index is 0.210. The average Bonchev–Trinajstić information content (AvgIpc) is 2.75. The van der Waals surface area contributed by atoms with Gasteiger partial charge in [-0.2, -0.15) is 0 Å². The molecular formula is C14H16BrNO3. The number of hydrogen-bond donors (Lipinski definition) is 1. The second-order valence-corrected chi connectivity index (χ2v) is 5.96. The van der Waals surface area contributed by atoms with E-state index in [9.17, 15) is 14.7 Å². The van der Waals surface area contributed by atoms with Gasteiger partial charge in [0.1, 0.15) is 5.54 Å². The molecule has 1 amide bonds. The van der Waals surface area contributed by atoms with Crippen molar-refractivity contribution in [2.45, 2.75) is 32.2 Å². The summed E-state index contributed by atoms with van der Waals surface area (Å²) in [6.45, 7) is 4.02. The van der Waals surface area contributed by atoms with E-state index >= 15 is 0 Å². The summed E-state index contributed by atoms with van der Waals surface area (Å²) in [4.78, 5) is 25.3. The first kappa shape index (κ1) is 14.1. The van der Waals surface area contributed by atoms with Gasteiger partial charge in [0, 0.05) is 16.6 Å². The zero-order valence-corrected chi connectivity index (χ0v) is 12.5. The van der Waals surface area contributed by atoms with E-state index in [1.165, 1.54) is 4.90 Å². The summed E-state index contributed by atoms with van der Waals surface area (Å²) in [6.07, 6.45) is 1.23. The Labute approximate surface area is 120 Å². The first-order valence-corrected chi connectivity index (χ1v) is 6.97. The van der Waals surface area contributed by atoms with Crippen molar-refractivity contribution in [1.29, 1.82) is 0 Å². The molecule has 1 fully saturated rings. The molecule has 0 aromatic heterocycles. The molecule has 1 heterocycles. The molecule has 1 unspecified atom stereocenters. The highest BCUT2D eigenvalue weighted by molar-refractivity contribution is 9.10. The van der Waals surface area contributed by atoms with Crippen LogP contribution in [0.25, 0.3) is 0 Å². The van der Waals surface area contributed by atoms with E-state index in [1.807, 2.05) is 13.0 Å². The van der Waals surface area contributed by atoms with Crippen molar-refractivity contribution in [3.8, 4) is 0 Å². The zero-order valence-electron chi connectivity index (χ0n) is 10.9. The summed E-state index contributed by atoms with van der Waals surface area (Å²) in [6, 6.07) is 5.32. The molecule has 1 aromatic rings. The second-order valence-electron chi connectivity index (χ2n) is 5.10. The smallest absolute Gasteiger partial charge is 0.329 e. The lowest BCUT2D eigenvalue weighted by molar-refractivity contribution is -0.147. The van der Waals surface area contributed by atoms with E-state index in [0.717, 1.165) is 16.5 Å². The summed E-state index contributed by atoms with van der Waals surface area (Å²) in [5.41, 5.74) is 0.412. The van der Waals surface area contributed by atoms with E-state index in [4.69, 9.17) is 0 Å². The van der Waals surface area contributed by atoms with Gasteiger partial charge in [-0.05, 0) is 50.5 Å². The number of aliphatic carboxylic acids is 1. The highest BCUT2D eigenvalue weighted by Gasteiger charge is 2.46. The molecule has 1 aliphatic rings. The van der Waals surface area contributed by atoms with Crippen LogP contribution in [0.1, 0.15) is 35.7 Å². The number of benzene rings is 1. The first-order chi connectivity index (χ1) is 8.86. The van der Waals surface area contributed by atoms with Crippen LogP contribution in [0.5, 0.6) is 0 Å². The van der Waals surface area contributed by atoms with Crippen LogP contribution < -0.4 is 0 Å². The number of carboxylic acid groups (broad SMARTS) is 1. The number of amides is 1. The molecule has 0 radical (unpaired) electrons. The molecule has 19 heavy (non-hydrogen) atoms. The van der Waals surface area contributed by atoms with Crippen LogP contribution in [0.3, 0.4) is 0 Å². The lowest BCUT2D eigenvalue weighted by Gasteiger charge is -2.31. The highest BCUT2D eigenvalue weighted by atomic mass is 79.9. The molecule has 4 nitrogen and oxygen atoms in total. The van der Waals surface area contributed by atoms with Crippen molar-refractivity contribution in [1.82, 2.24) is 4.90 Å². The Bertz CT molecular complexity index is 543. The van der Waals surface area contributed by atoms with Crippen LogP contribution in [0, 0.1) is 6.92 Å². The van der Waals surface area contributed by atoms with Crippen molar-refractivity contribution in [3.05, 3.63) is 33.8 Å². The molecule has 0 bridgehead atoms. The Morgan fingerprint density at radius 2 is 2.11 bits per heavy atom. The largest absolute Gasteiger partial charge is 0.480 e. The van der Waals surface area contributed by atoms with Crippen LogP contribution >= 0.6 is 15.9 Å². The number of carbonyl (C=O) groups is 2. The predicted octanol–water partition coefficient (Wildman–Crippen LogP) is 2.84. The van der Waals surface area contributed by atoms with Gasteiger partial charge in [0.15, 0.2) is 0 Å². The molecule has 5 heteroatoms. The number of carboxylic acids is 1. The molecule has 1 aromatic carbocycles. The number of nitrogens with zero attached hydrogens (tertiary/aromatic N) is 1. The summed E-state index contributed by atoms with van der Waals surface area (Å²) in [5.74, 6) is -1.15. The van der Waals surface area contributed by atoms with Gasteiger partial charge in [0.05, 0.1) is 0 Å². The number of likely N-dealkylation sites (tertiary alicyclic amines) is 1. The van der Waals surface area contributed by atoms with Crippen molar-refractivity contribution in [2.24, 2.45) is 0 Å². The number of rotatable bonds is 2. The van der Waals surface area contributed by atoms with Crippen LogP contribution in [-0.4, -0.2) is 34.0 Å². The molecule has 102 valence electrons. The van der Waals surface area contributed by atoms with Crippen LogP contribution in [-0.2, 0) is 4.79 Å². The maximum Gasteiger partial charge on any atom is 0.329 e. The lowest BCUT2D eigenvalue weighted by Crippen LogP contribution is -2.50. The van der Waals surface area contributed by atoms with Gasteiger partial charge in [0.2, 0.25) is 0 Å². The Morgan fingerprint density at radius 3 is 2.68 bits per heavy atom. The lowest BCUT2D eigenvalue weighted by atomic mass is 9.98. The topological polar surface area (TPSA) is 57.6 Å². The third kappa shape index (κ3) is 2.39. The fraction of sp³-hybridized carbons (Fsp3) is 0.429. The number of carbonyl (C=O) groups excluding carboxylic acids is 1. The SMILES string of the molecule is Cc1cc(C(=O)N2CCCC2(C)C(=O)O)ccc1Br. The van der Waals surface area contributed by atoms with Crippen LogP contribution in [0.2, 0.25) is 0 Å². The number of aryl methyl sites for hydroxylation is 1. The molecule has 0 saturated carbocycles. The first-order valence-electron chi connectivity index (χ1n) is 6.18. The standard InChI is InChI=1S/C14H16BrNO3/c1-9-8-10(4-5-11(9)15)12(17)16-7-3-6-14(16,2)13(18)19/h4-5,8H,3,6-7H2,1-2H3,(H,18,19). The molecule has 0 aliphatic carbocycles. The number of hydrogen-bond acceptors (Lipinski definition) is 2. The van der Waals surface area contributed by atoms with E-state index in [-0.39, 0.29) is 5.91 Å². The van der Waals surface area contributed by atoms with Crippen LogP contribution in [0.15, 0.2) is 22.7 Å². The van der Waals surface area contributed by atoms with E-state index in [0.29, 0.717) is 18.5 Å². The summed E-state index contributed by atoms with van der Waals surface area (Å²) in [7, 11) is 0. The van der Waals surface area contributed by atoms with Crippen molar-refractivity contribution < 1.29 is 14.7 Å². The minimum atomic E-state index is -1.09. The Morgan fingerprint density at radius 1 is 1.42 bits per heavy atom. The predicted molar refractivity (Wildman–Crippen MR) is 75.2 cm³/mol. The molecule has 0 spiro atoms. The Hall–Kier alpha value is -1.36. The van der Waals surface area contributed by atoms with Gasteiger partial charge < -0.3 is 10.0 Å². The Balaban J connectivity index is 2.33. The summed E-state index contributed by atoms with van der Waals surface area (Å²) in [5, 5.41) is 9.34. The summed E-state index contributed by atoms with van der Waals surface area (Å²) >= 11 is 3.39. The normalized spacial score (nSPS) is 22.6. The van der Waals surface area contributed by atoms with E-state index in [2.05, 4.69) is 15.9 Å². The van der Waals surface area contributed by atoms with Gasteiger partial charge in [-0.1, -0.05) is 15.9 Å². The molecular weight excluding hydrogens is 310 g/mol. The van der Waals surface area contributed by atoms with Gasteiger partial charge in [-0.15, -0.1) is 0 Å². The van der Waals surface area contributed by atoms with Crippen molar-refractivity contribution >= 4 is 27.8 Å². The van der Waals surface area contributed by atoms with Crippen molar-refractivity contribution in [2.75, 3.05) is 6.54 Å². The average molecular weight is 326 g/mol. The molecule has 1 atom stereocenters. The highest BCUT2D eigenvalue weighted by Crippen LogP contribution is 2.31. The molecule has 1 aliphatic heterocycles. The van der Waals surface area contributed by atoms with Gasteiger partial charge in [0.25, 0.3) is 5.91 Å². The monoisotopic (exact) mass is 325 g/mol. The minimum Gasteiger partial charge on any atom is -0.480 e. The quantitative estimate of drug-likeness (QED) is 0.909. The molecule has 2 rings (SSSR count). The zero-order chi connectivity index (χ0) is 14.2. The second kappa shape index (κ2) is 4.96. The van der Waals surface area contributed by atoms with Crippen LogP contribution in [0.4, 0.5) is 0 Å².